The molecule has 0 unspecified atom stereocenters. The van der Waals surface area contributed by atoms with E-state index in [-0.39, 0.29) is 19.1 Å². The summed E-state index contributed by atoms with van der Waals surface area (Å²) in [4.78, 5) is 11.9. The van der Waals surface area contributed by atoms with E-state index in [9.17, 15) is 4.79 Å². The Hall–Kier alpha value is -3.92. The lowest BCUT2D eigenvalue weighted by molar-refractivity contribution is -0.123. The van der Waals surface area contributed by atoms with Gasteiger partial charge in [-0.1, -0.05) is 42.0 Å². The highest BCUT2D eigenvalue weighted by Gasteiger charge is 2.06. The average molecular weight is 388 g/mol. The zero-order valence-electron chi connectivity index (χ0n) is 16.0. The first-order valence-electron chi connectivity index (χ1n) is 9.08. The third-order valence-corrected chi connectivity index (χ3v) is 4.03. The van der Waals surface area contributed by atoms with Gasteiger partial charge in [0.05, 0.1) is 17.8 Å². The number of hydrogen-bond donors (Lipinski definition) is 1. The molecule has 7 nitrogen and oxygen atoms in total. The quantitative estimate of drug-likeness (QED) is 0.596. The highest BCUT2D eigenvalue weighted by molar-refractivity contribution is 5.77. The van der Waals surface area contributed by atoms with Crippen LogP contribution in [0.25, 0.3) is 11.3 Å². The fourth-order valence-corrected chi connectivity index (χ4v) is 2.50. The van der Waals surface area contributed by atoms with Gasteiger partial charge >= 0.3 is 0 Å². The lowest BCUT2D eigenvalue weighted by Gasteiger charge is -2.09. The van der Waals surface area contributed by atoms with Gasteiger partial charge in [-0.3, -0.25) is 4.79 Å². The van der Waals surface area contributed by atoms with Crippen molar-refractivity contribution in [2.45, 2.75) is 6.92 Å². The van der Waals surface area contributed by atoms with Gasteiger partial charge in [0.1, 0.15) is 18.4 Å². The van der Waals surface area contributed by atoms with Gasteiger partial charge in [0.2, 0.25) is 5.88 Å². The monoisotopic (exact) mass is 388 g/mol. The summed E-state index contributed by atoms with van der Waals surface area (Å²) in [5.41, 5.74) is 3.32. The summed E-state index contributed by atoms with van der Waals surface area (Å²) in [5, 5.41) is 19.9. The molecule has 0 radical (unpaired) electrons. The first kappa shape index (κ1) is 19.8. The van der Waals surface area contributed by atoms with Crippen molar-refractivity contribution in [3.63, 3.8) is 0 Å². The number of amides is 1. The second-order valence-electron chi connectivity index (χ2n) is 6.22. The Kier molecular flexibility index (Phi) is 6.74. The van der Waals surface area contributed by atoms with E-state index in [1.807, 2.05) is 43.3 Å². The zero-order chi connectivity index (χ0) is 20.5. The number of benzene rings is 2. The molecule has 0 saturated heterocycles. The van der Waals surface area contributed by atoms with E-state index in [0.29, 0.717) is 23.7 Å². The number of nitriles is 1. The second-order valence-corrected chi connectivity index (χ2v) is 6.22. The maximum atomic E-state index is 11.9. The predicted octanol–water partition coefficient (Wildman–Crippen LogP) is 2.90. The molecule has 0 bridgehead atoms. The van der Waals surface area contributed by atoms with E-state index in [2.05, 4.69) is 15.5 Å². The molecule has 0 aliphatic rings. The summed E-state index contributed by atoms with van der Waals surface area (Å²) in [5.74, 6) is 0.460. The van der Waals surface area contributed by atoms with E-state index < -0.39 is 0 Å². The summed E-state index contributed by atoms with van der Waals surface area (Å²) >= 11 is 0. The van der Waals surface area contributed by atoms with Crippen LogP contribution in [-0.2, 0) is 4.79 Å². The molecule has 2 aromatic carbocycles. The molecule has 1 aromatic heterocycles. The van der Waals surface area contributed by atoms with Crippen LogP contribution in [-0.4, -0.2) is 35.9 Å². The highest BCUT2D eigenvalue weighted by atomic mass is 16.5. The number of hydrogen-bond acceptors (Lipinski definition) is 6. The molecule has 7 heteroatoms. The van der Waals surface area contributed by atoms with Gasteiger partial charge < -0.3 is 14.8 Å². The molecule has 0 atom stereocenters. The van der Waals surface area contributed by atoms with Crippen LogP contribution in [0.5, 0.6) is 11.6 Å². The van der Waals surface area contributed by atoms with Crippen molar-refractivity contribution in [2.75, 3.05) is 19.8 Å². The number of nitrogens with zero attached hydrogens (tertiary/aromatic N) is 3. The molecule has 0 fully saturated rings. The Bertz CT molecular complexity index is 996. The van der Waals surface area contributed by atoms with Gasteiger partial charge in [0.25, 0.3) is 5.91 Å². The number of carbonyl (C=O) groups excluding carboxylic acids is 1. The molecule has 1 N–H and O–H groups in total. The minimum absolute atomic E-state index is 0.177. The number of rotatable bonds is 8. The highest BCUT2D eigenvalue weighted by Crippen LogP contribution is 2.18. The third kappa shape index (κ3) is 5.78. The molecule has 0 aliphatic heterocycles. The van der Waals surface area contributed by atoms with Gasteiger partial charge in [-0.05, 0) is 25.1 Å². The molecule has 29 heavy (non-hydrogen) atoms. The second kappa shape index (κ2) is 9.85. The van der Waals surface area contributed by atoms with Gasteiger partial charge in [0.15, 0.2) is 6.61 Å². The van der Waals surface area contributed by atoms with Gasteiger partial charge in [-0.15, -0.1) is 10.2 Å². The Morgan fingerprint density at radius 2 is 1.83 bits per heavy atom. The molecular formula is C22H20N4O3. The zero-order valence-corrected chi connectivity index (χ0v) is 16.0. The maximum Gasteiger partial charge on any atom is 0.258 e. The van der Waals surface area contributed by atoms with Crippen LogP contribution >= 0.6 is 0 Å². The fourth-order valence-electron chi connectivity index (χ4n) is 2.50. The maximum absolute atomic E-state index is 11.9. The number of nitrogens with one attached hydrogen (secondary N) is 1. The minimum Gasteiger partial charge on any atom is -0.482 e. The molecule has 0 spiro atoms. The predicted molar refractivity (Wildman–Crippen MR) is 107 cm³/mol. The summed E-state index contributed by atoms with van der Waals surface area (Å²) in [7, 11) is 0. The standard InChI is InChI=1S/C22H20N4O3/c1-16-6-8-17(9-7-16)19-10-11-22(26-25-19)28-13-12-24-21(27)15-29-20-5-3-2-4-18(20)14-23/h2-11H,12-13,15H2,1H3,(H,24,27). The van der Waals surface area contributed by atoms with Crippen molar-refractivity contribution in [1.82, 2.24) is 15.5 Å². The number of para-hydroxylation sites is 1. The van der Waals surface area contributed by atoms with Crippen molar-refractivity contribution in [3.05, 3.63) is 71.8 Å². The van der Waals surface area contributed by atoms with E-state index >= 15 is 0 Å². The fraction of sp³-hybridized carbons (Fsp3) is 0.182. The summed E-state index contributed by atoms with van der Waals surface area (Å²) in [6.45, 7) is 2.40. The topological polar surface area (TPSA) is 97.1 Å². The first-order valence-corrected chi connectivity index (χ1v) is 9.08. The Morgan fingerprint density at radius 3 is 2.55 bits per heavy atom. The van der Waals surface area contributed by atoms with Gasteiger partial charge in [-0.2, -0.15) is 5.26 Å². The van der Waals surface area contributed by atoms with Crippen molar-refractivity contribution in [1.29, 1.82) is 5.26 Å². The lowest BCUT2D eigenvalue weighted by Crippen LogP contribution is -2.32. The lowest BCUT2D eigenvalue weighted by atomic mass is 10.1. The molecule has 1 amide bonds. The van der Waals surface area contributed by atoms with Crippen LogP contribution < -0.4 is 14.8 Å². The summed E-state index contributed by atoms with van der Waals surface area (Å²) in [6.07, 6.45) is 0. The minimum atomic E-state index is -0.304. The summed E-state index contributed by atoms with van der Waals surface area (Å²) < 4.78 is 10.9. The molecule has 3 rings (SSSR count). The Balaban J connectivity index is 1.39. The van der Waals surface area contributed by atoms with E-state index in [1.54, 1.807) is 30.3 Å². The van der Waals surface area contributed by atoms with Crippen molar-refractivity contribution < 1.29 is 14.3 Å². The molecular weight excluding hydrogens is 368 g/mol. The Labute approximate surface area is 168 Å². The van der Waals surface area contributed by atoms with Crippen LogP contribution in [0, 0.1) is 18.3 Å². The largest absolute Gasteiger partial charge is 0.482 e. The Morgan fingerprint density at radius 1 is 1.03 bits per heavy atom. The molecule has 0 saturated carbocycles. The van der Waals surface area contributed by atoms with Crippen LogP contribution in [0.15, 0.2) is 60.7 Å². The van der Waals surface area contributed by atoms with Crippen molar-refractivity contribution >= 4 is 5.91 Å². The molecule has 3 aromatic rings. The first-order chi connectivity index (χ1) is 14.2. The van der Waals surface area contributed by atoms with Crippen LogP contribution in [0.3, 0.4) is 0 Å². The van der Waals surface area contributed by atoms with Gasteiger partial charge in [-0.25, -0.2) is 0 Å². The van der Waals surface area contributed by atoms with Gasteiger partial charge in [0, 0.05) is 11.6 Å². The number of ether oxygens (including phenoxy) is 2. The van der Waals surface area contributed by atoms with E-state index in [0.717, 1.165) is 11.3 Å². The van der Waals surface area contributed by atoms with Crippen LogP contribution in [0.2, 0.25) is 0 Å². The normalized spacial score (nSPS) is 10.1. The van der Waals surface area contributed by atoms with Crippen LogP contribution in [0.4, 0.5) is 0 Å². The third-order valence-electron chi connectivity index (χ3n) is 4.03. The molecule has 1 heterocycles. The van der Waals surface area contributed by atoms with Crippen molar-refractivity contribution in [2.24, 2.45) is 0 Å². The molecule has 0 aliphatic carbocycles. The summed E-state index contributed by atoms with van der Waals surface area (Å²) in [6, 6.07) is 20.4. The van der Waals surface area contributed by atoms with E-state index in [4.69, 9.17) is 14.7 Å². The van der Waals surface area contributed by atoms with E-state index in [1.165, 1.54) is 5.56 Å². The number of aryl methyl sites for hydroxylation is 1. The SMILES string of the molecule is Cc1ccc(-c2ccc(OCCNC(=O)COc3ccccc3C#N)nn2)cc1. The average Bonchev–Trinajstić information content (AvgIpc) is 2.76. The molecule has 146 valence electrons. The number of carbonyl (C=O) groups is 1. The van der Waals surface area contributed by atoms with Crippen molar-refractivity contribution in [3.8, 4) is 29.0 Å². The van der Waals surface area contributed by atoms with Crippen LogP contribution in [0.1, 0.15) is 11.1 Å². The smallest absolute Gasteiger partial charge is 0.258 e. The number of aromatic nitrogens is 2.